The number of aromatic hydroxyl groups is 1. The van der Waals surface area contributed by atoms with Crippen LogP contribution in [0.3, 0.4) is 0 Å². The zero-order valence-electron chi connectivity index (χ0n) is 24.3. The first-order chi connectivity index (χ1) is 21.5. The van der Waals surface area contributed by atoms with Gasteiger partial charge in [-0.15, -0.1) is 0 Å². The zero-order chi connectivity index (χ0) is 30.4. The molecule has 0 radical (unpaired) electrons. The van der Waals surface area contributed by atoms with Crippen molar-refractivity contribution < 1.29 is 14.6 Å². The smallest absolute Gasteiger partial charge is 0.179 e. The van der Waals surface area contributed by atoms with Crippen molar-refractivity contribution in [2.24, 2.45) is 9.98 Å². The molecule has 5 aromatic rings. The standard InChI is InChI=1S/C34H29ClN6O3/c1-4-44-29-18-21(14-16-27(29)42)31-30-20(2)39-41(23-10-6-5-7-11-23)33(30)38-34-32(36-22-15-17-28(43-3)24(35)19-22)37-25-12-8-9-13-26(25)40(31)34/h5-19,31,42H,4H2,1-3H3,(H,36,37)/t31-/m1/s1. The number of fused-ring (bicyclic) bond motifs is 4. The number of rotatable bonds is 6. The van der Waals surface area contributed by atoms with Crippen molar-refractivity contribution in [3.05, 3.63) is 113 Å². The summed E-state index contributed by atoms with van der Waals surface area (Å²) in [5.41, 5.74) is 5.96. The van der Waals surface area contributed by atoms with Gasteiger partial charge in [0.05, 0.1) is 47.5 Å². The predicted octanol–water partition coefficient (Wildman–Crippen LogP) is 7.74. The lowest BCUT2D eigenvalue weighted by molar-refractivity contribution is 0.317. The van der Waals surface area contributed by atoms with Gasteiger partial charge in [0.2, 0.25) is 0 Å². The van der Waals surface area contributed by atoms with Crippen LogP contribution in [0, 0.1) is 6.92 Å². The third-order valence-electron chi connectivity index (χ3n) is 7.65. The Hall–Kier alpha value is -5.28. The number of hydrogen-bond donors (Lipinski definition) is 2. The lowest BCUT2D eigenvalue weighted by Crippen LogP contribution is -2.46. The van der Waals surface area contributed by atoms with Gasteiger partial charge in [0.1, 0.15) is 5.75 Å². The number of halogens is 1. The molecule has 2 N–H and O–H groups in total. The molecule has 10 heteroatoms. The number of phenols is 1. The van der Waals surface area contributed by atoms with E-state index in [1.54, 1.807) is 19.2 Å². The van der Waals surface area contributed by atoms with E-state index in [2.05, 4.69) is 10.2 Å². The summed E-state index contributed by atoms with van der Waals surface area (Å²) < 4.78 is 13.0. The highest BCUT2D eigenvalue weighted by atomic mass is 35.5. The van der Waals surface area contributed by atoms with E-state index < -0.39 is 0 Å². The zero-order valence-corrected chi connectivity index (χ0v) is 25.1. The van der Waals surface area contributed by atoms with Crippen LogP contribution in [0.25, 0.3) is 5.69 Å². The highest BCUT2D eigenvalue weighted by Crippen LogP contribution is 2.49. The van der Waals surface area contributed by atoms with E-state index in [1.165, 1.54) is 0 Å². The molecule has 1 atom stereocenters. The summed E-state index contributed by atoms with van der Waals surface area (Å²) >= 11 is 6.49. The van der Waals surface area contributed by atoms with Crippen LogP contribution in [-0.4, -0.2) is 40.3 Å². The summed E-state index contributed by atoms with van der Waals surface area (Å²) in [7, 11) is 1.58. The normalized spacial score (nSPS) is 15.0. The topological polar surface area (TPSA) is 96.5 Å². The van der Waals surface area contributed by atoms with Gasteiger partial charge < -0.3 is 24.8 Å². The summed E-state index contributed by atoms with van der Waals surface area (Å²) in [6.45, 7) is 4.31. The van der Waals surface area contributed by atoms with Crippen LogP contribution in [0.1, 0.15) is 29.8 Å². The maximum Gasteiger partial charge on any atom is 0.179 e. The largest absolute Gasteiger partial charge is 0.504 e. The van der Waals surface area contributed by atoms with E-state index in [0.29, 0.717) is 40.6 Å². The molecular weight excluding hydrogens is 576 g/mol. The highest BCUT2D eigenvalue weighted by Gasteiger charge is 2.41. The number of nitrogens with one attached hydrogen (secondary N) is 1. The van der Waals surface area contributed by atoms with Crippen LogP contribution in [0.2, 0.25) is 5.02 Å². The molecule has 0 unspecified atom stereocenters. The van der Waals surface area contributed by atoms with Crippen LogP contribution < -0.4 is 19.7 Å². The quantitative estimate of drug-likeness (QED) is 0.206. The fourth-order valence-electron chi connectivity index (χ4n) is 5.72. The van der Waals surface area contributed by atoms with Gasteiger partial charge in [-0.1, -0.05) is 48.0 Å². The molecule has 2 aliphatic heterocycles. The van der Waals surface area contributed by atoms with E-state index in [0.717, 1.165) is 39.6 Å². The minimum Gasteiger partial charge on any atom is -0.504 e. The molecule has 44 heavy (non-hydrogen) atoms. The van der Waals surface area contributed by atoms with Crippen molar-refractivity contribution in [3.63, 3.8) is 0 Å². The second-order valence-electron chi connectivity index (χ2n) is 10.4. The Kier molecular flexibility index (Phi) is 6.94. The monoisotopic (exact) mass is 604 g/mol. The molecule has 3 heterocycles. The molecule has 220 valence electrons. The van der Waals surface area contributed by atoms with Gasteiger partial charge in [-0.3, -0.25) is 0 Å². The van der Waals surface area contributed by atoms with Gasteiger partial charge in [0.25, 0.3) is 0 Å². The average Bonchev–Trinajstić information content (AvgIpc) is 3.37. The molecule has 0 aliphatic carbocycles. The number of phenolic OH excluding ortho intramolecular Hbond substituents is 1. The first kappa shape index (κ1) is 27.5. The number of para-hydroxylation sites is 3. The third kappa shape index (κ3) is 4.62. The van der Waals surface area contributed by atoms with Gasteiger partial charge in [-0.25, -0.2) is 14.7 Å². The summed E-state index contributed by atoms with van der Waals surface area (Å²) in [5, 5.41) is 19.5. The Morgan fingerprint density at radius 3 is 2.50 bits per heavy atom. The lowest BCUT2D eigenvalue weighted by atomic mass is 9.93. The number of methoxy groups -OCH3 is 1. The van der Waals surface area contributed by atoms with Crippen LogP contribution in [0.15, 0.2) is 101 Å². The number of aryl methyl sites for hydroxylation is 1. The van der Waals surface area contributed by atoms with Crippen molar-refractivity contribution in [2.45, 2.75) is 19.9 Å². The molecule has 4 aromatic carbocycles. The van der Waals surface area contributed by atoms with Crippen LogP contribution in [0.4, 0.5) is 22.9 Å². The van der Waals surface area contributed by atoms with E-state index >= 15 is 0 Å². The summed E-state index contributed by atoms with van der Waals surface area (Å²) in [6, 6.07) is 28.5. The fourth-order valence-corrected chi connectivity index (χ4v) is 5.97. The van der Waals surface area contributed by atoms with Gasteiger partial charge in [0.15, 0.2) is 29.0 Å². The molecule has 0 amide bonds. The van der Waals surface area contributed by atoms with Gasteiger partial charge in [0, 0.05) is 11.3 Å². The molecule has 9 nitrogen and oxygen atoms in total. The SMILES string of the molecule is CCOc1cc([C@@H]2c3c(C)nn(-c4ccccc4)c3N=C3C(Nc4ccc(OC)c(Cl)c4)=Nc4ccccc4N32)ccc1O. The Bertz CT molecular complexity index is 1950. The Morgan fingerprint density at radius 2 is 1.73 bits per heavy atom. The average molecular weight is 605 g/mol. The van der Waals surface area contributed by atoms with E-state index in [9.17, 15) is 5.11 Å². The maximum absolute atomic E-state index is 10.6. The van der Waals surface area contributed by atoms with Gasteiger partial charge >= 0.3 is 0 Å². The molecule has 0 bridgehead atoms. The minimum absolute atomic E-state index is 0.0802. The number of anilines is 2. The van der Waals surface area contributed by atoms with E-state index in [4.69, 9.17) is 36.2 Å². The number of aliphatic imine (C=N–C) groups is 2. The van der Waals surface area contributed by atoms with Crippen molar-refractivity contribution in [1.29, 1.82) is 0 Å². The van der Waals surface area contributed by atoms with E-state index in [1.807, 2.05) is 97.4 Å². The number of ether oxygens (including phenoxy) is 2. The number of amidine groups is 2. The second-order valence-corrected chi connectivity index (χ2v) is 10.8. The Labute approximate surface area is 259 Å². The number of nitrogens with zero attached hydrogens (tertiary/aromatic N) is 5. The number of benzene rings is 4. The summed E-state index contributed by atoms with van der Waals surface area (Å²) in [5.74, 6) is 2.91. The van der Waals surface area contributed by atoms with Crippen molar-refractivity contribution in [2.75, 3.05) is 23.9 Å². The third-order valence-corrected chi connectivity index (χ3v) is 7.95. The van der Waals surface area contributed by atoms with Gasteiger partial charge in [-0.2, -0.15) is 5.10 Å². The molecule has 0 saturated heterocycles. The summed E-state index contributed by atoms with van der Waals surface area (Å²) in [6.07, 6.45) is 0. The number of aromatic nitrogens is 2. The van der Waals surface area contributed by atoms with Crippen molar-refractivity contribution in [3.8, 4) is 22.9 Å². The van der Waals surface area contributed by atoms with Crippen molar-refractivity contribution >= 4 is 46.2 Å². The van der Waals surface area contributed by atoms with Crippen LogP contribution >= 0.6 is 11.6 Å². The lowest BCUT2D eigenvalue weighted by Gasteiger charge is -2.40. The van der Waals surface area contributed by atoms with Gasteiger partial charge in [-0.05, 0) is 74.0 Å². The molecule has 2 aliphatic rings. The first-order valence-electron chi connectivity index (χ1n) is 14.2. The van der Waals surface area contributed by atoms with E-state index in [-0.39, 0.29) is 11.8 Å². The maximum atomic E-state index is 10.6. The fraction of sp³-hybridized carbons (Fsp3) is 0.147. The summed E-state index contributed by atoms with van der Waals surface area (Å²) in [4.78, 5) is 12.5. The predicted molar refractivity (Wildman–Crippen MR) is 174 cm³/mol. The molecular formula is C34H29ClN6O3. The number of hydrogen-bond acceptors (Lipinski definition) is 8. The van der Waals surface area contributed by atoms with Crippen molar-refractivity contribution in [1.82, 2.24) is 9.78 Å². The second kappa shape index (κ2) is 11.1. The molecule has 0 saturated carbocycles. The Balaban J connectivity index is 1.48. The Morgan fingerprint density at radius 1 is 0.932 bits per heavy atom. The molecule has 0 fully saturated rings. The molecule has 0 spiro atoms. The minimum atomic E-state index is -0.373. The van der Waals surface area contributed by atoms with Crippen LogP contribution in [0.5, 0.6) is 17.2 Å². The highest BCUT2D eigenvalue weighted by molar-refractivity contribution is 6.51. The molecule has 1 aromatic heterocycles. The van der Waals surface area contributed by atoms with Crippen LogP contribution in [-0.2, 0) is 0 Å². The first-order valence-corrected chi connectivity index (χ1v) is 14.6. The molecule has 7 rings (SSSR count).